The van der Waals surface area contributed by atoms with Crippen molar-refractivity contribution in [1.29, 1.82) is 0 Å². The summed E-state index contributed by atoms with van der Waals surface area (Å²) in [6, 6.07) is 10.8. The second-order valence-corrected chi connectivity index (χ2v) is 7.44. The molecule has 4 aromatic rings. The molecule has 0 radical (unpaired) electrons. The molecule has 3 heterocycles. The maximum Gasteiger partial charge on any atom is 0.287 e. The fourth-order valence-electron chi connectivity index (χ4n) is 2.53. The lowest BCUT2D eigenvalue weighted by Gasteiger charge is -2.16. The molecule has 3 aromatic heterocycles. The van der Waals surface area contributed by atoms with Crippen LogP contribution in [0.15, 0.2) is 42.6 Å². The molecule has 9 heteroatoms. The summed E-state index contributed by atoms with van der Waals surface area (Å²) < 4.78 is 0.375. The van der Waals surface area contributed by atoms with Crippen LogP contribution >= 0.6 is 34.5 Å². The standard InChI is InChI=1S/C17H11Cl2N5OS/c1-24(11-7-3-2-5-9(11)18)17(25)16-21-14(15(19)26-16)13-12-10(22-23-13)6-4-8-20-12/h2-8H,1H3,(H,22,23). The highest BCUT2D eigenvalue weighted by molar-refractivity contribution is 7.18. The molecule has 0 fully saturated rings. The number of pyridine rings is 1. The molecule has 0 atom stereocenters. The molecular formula is C17H11Cl2N5OS. The SMILES string of the molecule is CN(C(=O)c1nc(-c2n[nH]c3cccnc23)c(Cl)s1)c1ccccc1Cl. The molecule has 1 N–H and O–H groups in total. The Morgan fingerprint density at radius 3 is 2.77 bits per heavy atom. The number of anilines is 1. The Hall–Kier alpha value is -2.48. The van der Waals surface area contributed by atoms with Gasteiger partial charge in [-0.3, -0.25) is 14.9 Å². The van der Waals surface area contributed by atoms with E-state index >= 15 is 0 Å². The van der Waals surface area contributed by atoms with E-state index in [2.05, 4.69) is 20.2 Å². The molecule has 1 aromatic carbocycles. The third-order valence-electron chi connectivity index (χ3n) is 3.83. The Morgan fingerprint density at radius 1 is 1.15 bits per heavy atom. The van der Waals surface area contributed by atoms with Crippen molar-refractivity contribution < 1.29 is 4.79 Å². The van der Waals surface area contributed by atoms with Crippen LogP contribution in [-0.2, 0) is 0 Å². The van der Waals surface area contributed by atoms with Crippen molar-refractivity contribution in [3.8, 4) is 11.4 Å². The molecule has 0 aliphatic rings. The summed E-state index contributed by atoms with van der Waals surface area (Å²) in [6.45, 7) is 0. The number of aromatic nitrogens is 4. The fourth-order valence-corrected chi connectivity index (χ4v) is 3.92. The van der Waals surface area contributed by atoms with Gasteiger partial charge in [0.25, 0.3) is 5.91 Å². The van der Waals surface area contributed by atoms with E-state index in [4.69, 9.17) is 23.2 Å². The minimum absolute atomic E-state index is 0.250. The number of hydrogen-bond donors (Lipinski definition) is 1. The molecular weight excluding hydrogens is 393 g/mol. The largest absolute Gasteiger partial charge is 0.308 e. The van der Waals surface area contributed by atoms with Crippen LogP contribution in [0.5, 0.6) is 0 Å². The number of thiazole rings is 1. The average molecular weight is 404 g/mol. The number of carbonyl (C=O) groups is 1. The molecule has 0 bridgehead atoms. The topological polar surface area (TPSA) is 74.8 Å². The molecule has 0 saturated heterocycles. The number of aromatic amines is 1. The Morgan fingerprint density at radius 2 is 1.96 bits per heavy atom. The molecule has 0 aliphatic carbocycles. The van der Waals surface area contributed by atoms with E-state index < -0.39 is 0 Å². The Labute approximate surface area is 162 Å². The third-order valence-corrected chi connectivity index (χ3v) is 5.39. The number of fused-ring (bicyclic) bond motifs is 1. The molecule has 26 heavy (non-hydrogen) atoms. The van der Waals surface area contributed by atoms with Crippen molar-refractivity contribution in [1.82, 2.24) is 20.2 Å². The van der Waals surface area contributed by atoms with Gasteiger partial charge in [0.15, 0.2) is 5.01 Å². The van der Waals surface area contributed by atoms with E-state index in [0.29, 0.717) is 32.0 Å². The van der Waals surface area contributed by atoms with Crippen molar-refractivity contribution in [2.24, 2.45) is 0 Å². The highest BCUT2D eigenvalue weighted by atomic mass is 35.5. The Kier molecular flexibility index (Phi) is 4.36. The molecule has 4 rings (SSSR count). The minimum atomic E-state index is -0.302. The van der Waals surface area contributed by atoms with Gasteiger partial charge in [-0.15, -0.1) is 0 Å². The number of amides is 1. The van der Waals surface area contributed by atoms with Crippen LogP contribution in [-0.4, -0.2) is 33.1 Å². The van der Waals surface area contributed by atoms with Crippen molar-refractivity contribution in [2.75, 3.05) is 11.9 Å². The summed E-state index contributed by atoms with van der Waals surface area (Å²) in [4.78, 5) is 23.0. The lowest BCUT2D eigenvalue weighted by Crippen LogP contribution is -2.26. The Balaban J connectivity index is 1.73. The summed E-state index contributed by atoms with van der Waals surface area (Å²) in [5.41, 5.74) is 2.96. The van der Waals surface area contributed by atoms with Gasteiger partial charge >= 0.3 is 0 Å². The maximum absolute atomic E-state index is 12.8. The number of nitrogens with one attached hydrogen (secondary N) is 1. The molecule has 1 amide bonds. The van der Waals surface area contributed by atoms with E-state index in [1.807, 2.05) is 12.1 Å². The van der Waals surface area contributed by atoms with Crippen LogP contribution in [0.3, 0.4) is 0 Å². The minimum Gasteiger partial charge on any atom is -0.308 e. The van der Waals surface area contributed by atoms with Crippen LogP contribution in [0.25, 0.3) is 22.4 Å². The van der Waals surface area contributed by atoms with Gasteiger partial charge in [0.2, 0.25) is 0 Å². The van der Waals surface area contributed by atoms with Gasteiger partial charge in [0.05, 0.1) is 16.2 Å². The zero-order valence-corrected chi connectivity index (χ0v) is 15.7. The van der Waals surface area contributed by atoms with Crippen LogP contribution < -0.4 is 4.90 Å². The van der Waals surface area contributed by atoms with Crippen LogP contribution in [0.4, 0.5) is 5.69 Å². The van der Waals surface area contributed by atoms with Gasteiger partial charge in [-0.25, -0.2) is 4.98 Å². The summed E-state index contributed by atoms with van der Waals surface area (Å²) >= 11 is 13.6. The average Bonchev–Trinajstić information content (AvgIpc) is 3.24. The Bertz CT molecular complexity index is 1120. The van der Waals surface area contributed by atoms with E-state index in [-0.39, 0.29) is 10.9 Å². The number of carbonyl (C=O) groups excluding carboxylic acids is 1. The number of nitrogens with zero attached hydrogens (tertiary/aromatic N) is 4. The second-order valence-electron chi connectivity index (χ2n) is 5.43. The van der Waals surface area contributed by atoms with Crippen LogP contribution in [0, 0.1) is 0 Å². The first-order valence-electron chi connectivity index (χ1n) is 7.54. The second kappa shape index (κ2) is 6.68. The summed E-state index contributed by atoms with van der Waals surface area (Å²) in [6.07, 6.45) is 1.67. The zero-order chi connectivity index (χ0) is 18.3. The van der Waals surface area contributed by atoms with Gasteiger partial charge in [-0.1, -0.05) is 46.7 Å². The highest BCUT2D eigenvalue weighted by Gasteiger charge is 2.24. The molecule has 0 saturated carbocycles. The number of benzene rings is 1. The molecule has 0 spiro atoms. The molecule has 0 aliphatic heterocycles. The lowest BCUT2D eigenvalue weighted by atomic mass is 10.2. The van der Waals surface area contributed by atoms with Crippen LogP contribution in [0.2, 0.25) is 9.36 Å². The van der Waals surface area contributed by atoms with Gasteiger partial charge in [-0.2, -0.15) is 5.10 Å². The molecule has 0 unspecified atom stereocenters. The van der Waals surface area contributed by atoms with Crippen molar-refractivity contribution >= 4 is 57.2 Å². The number of para-hydroxylation sites is 1. The van der Waals surface area contributed by atoms with E-state index in [9.17, 15) is 4.79 Å². The first-order chi connectivity index (χ1) is 12.6. The normalized spacial score (nSPS) is 11.0. The first-order valence-corrected chi connectivity index (χ1v) is 9.12. The monoisotopic (exact) mass is 403 g/mol. The van der Waals surface area contributed by atoms with Crippen molar-refractivity contribution in [2.45, 2.75) is 0 Å². The van der Waals surface area contributed by atoms with Crippen molar-refractivity contribution in [3.63, 3.8) is 0 Å². The number of H-pyrrole nitrogens is 1. The zero-order valence-electron chi connectivity index (χ0n) is 13.4. The van der Waals surface area contributed by atoms with Crippen LogP contribution in [0.1, 0.15) is 9.80 Å². The highest BCUT2D eigenvalue weighted by Crippen LogP contribution is 2.35. The third kappa shape index (κ3) is 2.84. The van der Waals surface area contributed by atoms with E-state index in [0.717, 1.165) is 16.9 Å². The molecule has 6 nitrogen and oxygen atoms in total. The van der Waals surface area contributed by atoms with E-state index in [1.54, 1.807) is 37.5 Å². The smallest absolute Gasteiger partial charge is 0.287 e. The van der Waals surface area contributed by atoms with Gasteiger partial charge in [-0.05, 0) is 24.3 Å². The first kappa shape index (κ1) is 17.0. The van der Waals surface area contributed by atoms with Gasteiger partial charge in [0.1, 0.15) is 21.2 Å². The van der Waals surface area contributed by atoms with Gasteiger partial charge in [0, 0.05) is 13.2 Å². The summed E-state index contributed by atoms with van der Waals surface area (Å²) in [7, 11) is 1.64. The predicted molar refractivity (Wildman–Crippen MR) is 104 cm³/mol. The van der Waals surface area contributed by atoms with Gasteiger partial charge < -0.3 is 4.90 Å². The fraction of sp³-hybridized carbons (Fsp3) is 0.0588. The predicted octanol–water partition coefficient (Wildman–Crippen LogP) is 4.66. The molecule has 130 valence electrons. The summed E-state index contributed by atoms with van der Waals surface area (Å²) in [5, 5.41) is 7.86. The quantitative estimate of drug-likeness (QED) is 0.539. The number of hydrogen-bond acceptors (Lipinski definition) is 5. The lowest BCUT2D eigenvalue weighted by molar-refractivity contribution is 0.0992. The summed E-state index contributed by atoms with van der Waals surface area (Å²) in [5.74, 6) is -0.302. The maximum atomic E-state index is 12.8. The van der Waals surface area contributed by atoms with Crippen molar-refractivity contribution in [3.05, 3.63) is 57.0 Å². The van der Waals surface area contributed by atoms with E-state index in [1.165, 1.54) is 4.90 Å². The number of rotatable bonds is 3. The number of halogens is 2.